The fraction of sp³-hybridized carbons (Fsp3) is 0.357. The summed E-state index contributed by atoms with van der Waals surface area (Å²) in [4.78, 5) is 17.0. The summed E-state index contributed by atoms with van der Waals surface area (Å²) in [5.41, 5.74) is 0.308. The molecule has 0 bridgehead atoms. The molecule has 0 aliphatic carbocycles. The highest BCUT2D eigenvalue weighted by atomic mass is 32.1. The molecule has 0 aliphatic rings. The number of rotatable bonds is 6. The summed E-state index contributed by atoms with van der Waals surface area (Å²) < 4.78 is 19.8. The minimum absolute atomic E-state index is 0.0720. The molecule has 0 amide bonds. The zero-order valence-electron chi connectivity index (χ0n) is 12.0. The van der Waals surface area contributed by atoms with Gasteiger partial charge in [-0.1, -0.05) is 0 Å². The predicted molar refractivity (Wildman–Crippen MR) is 77.8 cm³/mol. The molecule has 0 saturated carbocycles. The number of hydrogen-bond donors (Lipinski definition) is 0. The molecule has 7 heteroatoms. The van der Waals surface area contributed by atoms with E-state index in [1.54, 1.807) is 24.4 Å². The lowest BCUT2D eigenvalue weighted by molar-refractivity contribution is 0.0469. The number of methoxy groups -OCH3 is 1. The molecule has 2 aromatic heterocycles. The summed E-state index contributed by atoms with van der Waals surface area (Å²) in [6.07, 6.45) is 1.50. The van der Waals surface area contributed by atoms with Crippen LogP contribution in [0.2, 0.25) is 0 Å². The first-order chi connectivity index (χ1) is 10.1. The third-order valence-electron chi connectivity index (χ3n) is 2.43. The first kappa shape index (κ1) is 15.2. The van der Waals surface area contributed by atoms with Crippen LogP contribution in [0.15, 0.2) is 24.4 Å². The number of aromatic nitrogens is 2. The highest BCUT2D eigenvalue weighted by Crippen LogP contribution is 2.20. The Bertz CT molecular complexity index is 613. The van der Waals surface area contributed by atoms with E-state index >= 15 is 0 Å². The number of carbonyl (C=O) groups excluding carboxylic acids is 1. The van der Waals surface area contributed by atoms with Gasteiger partial charge in [0.05, 0.1) is 18.1 Å². The first-order valence-electron chi connectivity index (χ1n) is 6.38. The van der Waals surface area contributed by atoms with E-state index in [1.165, 1.54) is 18.6 Å². The molecule has 2 rings (SSSR count). The van der Waals surface area contributed by atoms with E-state index in [1.807, 2.05) is 13.8 Å². The molecule has 2 heterocycles. The van der Waals surface area contributed by atoms with Crippen molar-refractivity contribution in [2.45, 2.75) is 26.6 Å². The molecule has 21 heavy (non-hydrogen) atoms. The van der Waals surface area contributed by atoms with Gasteiger partial charge in [0, 0.05) is 12.3 Å². The van der Waals surface area contributed by atoms with Crippen molar-refractivity contribution < 1.29 is 19.0 Å². The maximum absolute atomic E-state index is 12.1. The van der Waals surface area contributed by atoms with Crippen molar-refractivity contribution in [2.24, 2.45) is 0 Å². The average molecular weight is 308 g/mol. The van der Waals surface area contributed by atoms with Crippen LogP contribution in [-0.4, -0.2) is 28.5 Å². The zero-order valence-corrected chi connectivity index (χ0v) is 12.8. The van der Waals surface area contributed by atoms with E-state index in [9.17, 15) is 4.79 Å². The van der Waals surface area contributed by atoms with Crippen LogP contribution in [0.3, 0.4) is 0 Å². The second-order valence-electron chi connectivity index (χ2n) is 4.43. The molecule has 0 unspecified atom stereocenters. The van der Waals surface area contributed by atoms with Gasteiger partial charge in [-0.05, 0) is 37.5 Å². The van der Waals surface area contributed by atoms with Gasteiger partial charge in [-0.3, -0.25) is 0 Å². The fourth-order valence-electron chi connectivity index (χ4n) is 1.54. The highest BCUT2D eigenvalue weighted by molar-refractivity contribution is 7.05. The van der Waals surface area contributed by atoms with Crippen molar-refractivity contribution in [3.63, 3.8) is 0 Å². The molecule has 0 aliphatic heterocycles. The fourth-order valence-corrected chi connectivity index (χ4v) is 2.14. The van der Waals surface area contributed by atoms with E-state index in [-0.39, 0.29) is 18.6 Å². The molecule has 0 radical (unpaired) electrons. The number of ether oxygens (including phenoxy) is 3. The SMILES string of the molecule is COc1cc(COC(=O)c2cccnc2OC(C)C)sn1. The summed E-state index contributed by atoms with van der Waals surface area (Å²) in [6.45, 7) is 3.87. The summed E-state index contributed by atoms with van der Waals surface area (Å²) >= 11 is 1.23. The van der Waals surface area contributed by atoms with Crippen LogP contribution < -0.4 is 9.47 Å². The van der Waals surface area contributed by atoms with Crippen LogP contribution in [0.25, 0.3) is 0 Å². The first-order valence-corrected chi connectivity index (χ1v) is 7.16. The topological polar surface area (TPSA) is 70.5 Å². The minimum atomic E-state index is -0.480. The van der Waals surface area contributed by atoms with Crippen molar-refractivity contribution in [3.8, 4) is 11.8 Å². The number of nitrogens with zero attached hydrogens (tertiary/aromatic N) is 2. The van der Waals surface area contributed by atoms with Gasteiger partial charge in [-0.25, -0.2) is 9.78 Å². The van der Waals surface area contributed by atoms with Crippen LogP contribution >= 0.6 is 11.5 Å². The maximum atomic E-state index is 12.1. The van der Waals surface area contributed by atoms with Crippen LogP contribution in [0.1, 0.15) is 29.1 Å². The Morgan fingerprint density at radius 1 is 1.43 bits per heavy atom. The van der Waals surface area contributed by atoms with Crippen molar-refractivity contribution in [2.75, 3.05) is 7.11 Å². The third kappa shape index (κ3) is 4.16. The van der Waals surface area contributed by atoms with Crippen LogP contribution in [-0.2, 0) is 11.3 Å². The predicted octanol–water partition coefficient (Wildman–Crippen LogP) is 2.69. The van der Waals surface area contributed by atoms with E-state index in [4.69, 9.17) is 14.2 Å². The summed E-state index contributed by atoms with van der Waals surface area (Å²) in [6, 6.07) is 5.02. The van der Waals surface area contributed by atoms with E-state index in [2.05, 4.69) is 9.36 Å². The van der Waals surface area contributed by atoms with Crippen molar-refractivity contribution in [3.05, 3.63) is 34.8 Å². The molecule has 2 aromatic rings. The van der Waals surface area contributed by atoms with E-state index in [0.717, 1.165) is 4.88 Å². The minimum Gasteiger partial charge on any atom is -0.480 e. The van der Waals surface area contributed by atoms with Crippen molar-refractivity contribution in [1.29, 1.82) is 0 Å². The van der Waals surface area contributed by atoms with E-state index in [0.29, 0.717) is 11.4 Å². The van der Waals surface area contributed by atoms with Crippen LogP contribution in [0.4, 0.5) is 0 Å². The van der Waals surface area contributed by atoms with Gasteiger partial charge in [-0.2, -0.15) is 4.37 Å². The van der Waals surface area contributed by atoms with Gasteiger partial charge in [0.15, 0.2) is 0 Å². The van der Waals surface area contributed by atoms with Crippen molar-refractivity contribution >= 4 is 17.5 Å². The molecule has 0 spiro atoms. The van der Waals surface area contributed by atoms with Gasteiger partial charge < -0.3 is 14.2 Å². The summed E-state index contributed by atoms with van der Waals surface area (Å²) in [5.74, 6) is 0.307. The highest BCUT2D eigenvalue weighted by Gasteiger charge is 2.16. The third-order valence-corrected chi connectivity index (χ3v) is 3.17. The smallest absolute Gasteiger partial charge is 0.344 e. The zero-order chi connectivity index (χ0) is 15.2. The maximum Gasteiger partial charge on any atom is 0.344 e. The average Bonchev–Trinajstić information content (AvgIpc) is 2.93. The Morgan fingerprint density at radius 2 is 2.24 bits per heavy atom. The van der Waals surface area contributed by atoms with Gasteiger partial charge in [0.25, 0.3) is 0 Å². The van der Waals surface area contributed by atoms with Gasteiger partial charge >= 0.3 is 5.97 Å². The molecule has 0 atom stereocenters. The quantitative estimate of drug-likeness (QED) is 0.764. The van der Waals surface area contributed by atoms with Crippen LogP contribution in [0.5, 0.6) is 11.8 Å². The standard InChI is InChI=1S/C14H16N2O4S/c1-9(2)20-13-11(5-4-6-15-13)14(17)19-8-10-7-12(18-3)16-21-10/h4-7,9H,8H2,1-3H3. The largest absolute Gasteiger partial charge is 0.480 e. The summed E-state index contributed by atoms with van der Waals surface area (Å²) in [5, 5.41) is 0. The van der Waals surface area contributed by atoms with E-state index < -0.39 is 5.97 Å². The molecule has 6 nitrogen and oxygen atoms in total. The Morgan fingerprint density at radius 3 is 2.90 bits per heavy atom. The molecular weight excluding hydrogens is 292 g/mol. The Labute approximate surface area is 126 Å². The summed E-state index contributed by atoms with van der Waals surface area (Å²) in [7, 11) is 1.54. The lowest BCUT2D eigenvalue weighted by Crippen LogP contribution is -2.13. The number of esters is 1. The second-order valence-corrected chi connectivity index (χ2v) is 5.32. The molecular formula is C14H16N2O4S. The number of hydrogen-bond acceptors (Lipinski definition) is 7. The molecule has 112 valence electrons. The second kappa shape index (κ2) is 7.03. The monoisotopic (exact) mass is 308 g/mol. The Kier molecular flexibility index (Phi) is 5.10. The van der Waals surface area contributed by atoms with Gasteiger partial charge in [0.1, 0.15) is 12.2 Å². The molecule has 0 saturated heterocycles. The van der Waals surface area contributed by atoms with Crippen molar-refractivity contribution in [1.82, 2.24) is 9.36 Å². The normalized spacial score (nSPS) is 10.5. The number of pyridine rings is 1. The molecule has 0 aromatic carbocycles. The van der Waals surface area contributed by atoms with Gasteiger partial charge in [-0.15, -0.1) is 0 Å². The van der Waals surface area contributed by atoms with Crippen LogP contribution in [0, 0.1) is 0 Å². The number of carbonyl (C=O) groups is 1. The Hall–Kier alpha value is -2.15. The molecule has 0 N–H and O–H groups in total. The van der Waals surface area contributed by atoms with Gasteiger partial charge in [0.2, 0.25) is 11.8 Å². The lowest BCUT2D eigenvalue weighted by Gasteiger charge is -2.11. The molecule has 0 fully saturated rings. The Balaban J connectivity index is 2.03. The lowest BCUT2D eigenvalue weighted by atomic mass is 10.2.